The van der Waals surface area contributed by atoms with E-state index in [9.17, 15) is 14.4 Å². The molecule has 2 saturated heterocycles. The zero-order chi connectivity index (χ0) is 17.1. The average molecular weight is 333 g/mol. The Bertz CT molecular complexity index is 640. The van der Waals surface area contributed by atoms with Crippen molar-refractivity contribution in [1.29, 1.82) is 0 Å². The molecule has 24 heavy (non-hydrogen) atoms. The number of carboxylic acid groups (broad SMARTS) is 1. The third-order valence-corrected chi connectivity index (χ3v) is 4.42. The number of hydrogen-bond acceptors (Lipinski definition) is 5. The number of rotatable bonds is 4. The van der Waals surface area contributed by atoms with Crippen molar-refractivity contribution in [2.24, 2.45) is 0 Å². The summed E-state index contributed by atoms with van der Waals surface area (Å²) in [5, 5.41) is 11.5. The number of carbonyl (C=O) groups excluding carboxylic acids is 2. The van der Waals surface area contributed by atoms with Gasteiger partial charge < -0.3 is 20.1 Å². The molecule has 3 heterocycles. The van der Waals surface area contributed by atoms with Crippen molar-refractivity contribution >= 4 is 17.8 Å². The molecule has 0 aliphatic carbocycles. The Morgan fingerprint density at radius 2 is 2.00 bits per heavy atom. The zero-order valence-electron chi connectivity index (χ0n) is 13.1. The summed E-state index contributed by atoms with van der Waals surface area (Å²) in [6.45, 7) is 1.94. The number of nitrogens with zero attached hydrogens (tertiary/aromatic N) is 2. The Labute approximate surface area is 138 Å². The Hall–Kier alpha value is -2.48. The number of pyridine rings is 1. The molecule has 0 radical (unpaired) electrons. The summed E-state index contributed by atoms with van der Waals surface area (Å²) in [6.07, 6.45) is 3.34. The van der Waals surface area contributed by atoms with Crippen molar-refractivity contribution in [3.8, 4) is 0 Å². The third kappa shape index (κ3) is 3.38. The van der Waals surface area contributed by atoms with Crippen molar-refractivity contribution in [2.75, 3.05) is 19.8 Å². The molecule has 1 unspecified atom stereocenters. The molecule has 8 heteroatoms. The van der Waals surface area contributed by atoms with Crippen LogP contribution in [0.15, 0.2) is 18.3 Å². The van der Waals surface area contributed by atoms with E-state index >= 15 is 0 Å². The molecule has 0 spiro atoms. The van der Waals surface area contributed by atoms with E-state index in [-0.39, 0.29) is 23.2 Å². The fourth-order valence-electron chi connectivity index (χ4n) is 3.08. The molecule has 0 aromatic carbocycles. The van der Waals surface area contributed by atoms with Gasteiger partial charge in [0.2, 0.25) is 5.91 Å². The maximum absolute atomic E-state index is 12.5. The number of likely N-dealkylation sites (tertiary alicyclic amines) is 1. The van der Waals surface area contributed by atoms with E-state index in [1.165, 1.54) is 12.1 Å². The Balaban J connectivity index is 1.60. The van der Waals surface area contributed by atoms with Gasteiger partial charge in [-0.2, -0.15) is 0 Å². The standard InChI is InChI=1S/C16H19N3O5/c20-14(12-2-1-10(9-17-12)16(22)23)18-13-3-6-19(15(13)21)11-4-7-24-8-5-11/h1-2,9,11,13H,3-8H2,(H,18,20)(H,22,23). The number of aromatic nitrogens is 1. The predicted octanol–water partition coefficient (Wildman–Crippen LogP) is 0.290. The van der Waals surface area contributed by atoms with Gasteiger partial charge in [-0.05, 0) is 31.4 Å². The lowest BCUT2D eigenvalue weighted by Crippen LogP contribution is -2.46. The fourth-order valence-corrected chi connectivity index (χ4v) is 3.08. The van der Waals surface area contributed by atoms with E-state index in [1.807, 2.05) is 4.90 Å². The van der Waals surface area contributed by atoms with Gasteiger partial charge >= 0.3 is 5.97 Å². The van der Waals surface area contributed by atoms with Crippen LogP contribution in [0.4, 0.5) is 0 Å². The first-order valence-corrected chi connectivity index (χ1v) is 7.94. The normalized spacial score (nSPS) is 21.8. The van der Waals surface area contributed by atoms with Crippen molar-refractivity contribution < 1.29 is 24.2 Å². The molecule has 8 nitrogen and oxygen atoms in total. The predicted molar refractivity (Wildman–Crippen MR) is 82.6 cm³/mol. The van der Waals surface area contributed by atoms with E-state index in [2.05, 4.69) is 10.3 Å². The van der Waals surface area contributed by atoms with Gasteiger partial charge in [0, 0.05) is 32.0 Å². The van der Waals surface area contributed by atoms with Gasteiger partial charge in [-0.1, -0.05) is 0 Å². The van der Waals surface area contributed by atoms with Crippen LogP contribution in [0.2, 0.25) is 0 Å². The Morgan fingerprint density at radius 1 is 1.25 bits per heavy atom. The minimum atomic E-state index is -1.10. The van der Waals surface area contributed by atoms with Crippen LogP contribution in [-0.2, 0) is 9.53 Å². The summed E-state index contributed by atoms with van der Waals surface area (Å²) in [7, 11) is 0. The highest BCUT2D eigenvalue weighted by Crippen LogP contribution is 2.21. The Kier molecular flexibility index (Phi) is 4.75. The maximum Gasteiger partial charge on any atom is 0.337 e. The summed E-state index contributed by atoms with van der Waals surface area (Å²) in [5.41, 5.74) is 0.103. The van der Waals surface area contributed by atoms with Crippen molar-refractivity contribution in [3.05, 3.63) is 29.6 Å². The van der Waals surface area contributed by atoms with Gasteiger partial charge in [0.1, 0.15) is 11.7 Å². The number of carbonyl (C=O) groups is 3. The summed E-state index contributed by atoms with van der Waals surface area (Å²) >= 11 is 0. The maximum atomic E-state index is 12.5. The molecule has 2 fully saturated rings. The highest BCUT2D eigenvalue weighted by molar-refractivity contribution is 5.97. The van der Waals surface area contributed by atoms with Gasteiger partial charge in [0.15, 0.2) is 0 Å². The van der Waals surface area contributed by atoms with Crippen LogP contribution in [0.3, 0.4) is 0 Å². The van der Waals surface area contributed by atoms with Gasteiger partial charge in [-0.15, -0.1) is 0 Å². The first kappa shape index (κ1) is 16.4. The molecule has 3 rings (SSSR count). The number of aromatic carboxylic acids is 1. The van der Waals surface area contributed by atoms with Crippen LogP contribution in [0.5, 0.6) is 0 Å². The third-order valence-electron chi connectivity index (χ3n) is 4.42. The monoisotopic (exact) mass is 333 g/mol. The summed E-state index contributed by atoms with van der Waals surface area (Å²) in [5.74, 6) is -1.65. The van der Waals surface area contributed by atoms with Crippen LogP contribution in [-0.4, -0.2) is 64.6 Å². The molecule has 0 saturated carbocycles. The lowest BCUT2D eigenvalue weighted by atomic mass is 10.1. The van der Waals surface area contributed by atoms with Gasteiger partial charge in [-0.25, -0.2) is 4.79 Å². The second-order valence-corrected chi connectivity index (χ2v) is 5.93. The fraction of sp³-hybridized carbons (Fsp3) is 0.500. The minimum absolute atomic E-state index is 0.00850. The van der Waals surface area contributed by atoms with E-state index in [0.29, 0.717) is 26.2 Å². The first-order chi connectivity index (χ1) is 11.6. The minimum Gasteiger partial charge on any atom is -0.478 e. The van der Waals surface area contributed by atoms with E-state index in [4.69, 9.17) is 9.84 Å². The molecule has 2 N–H and O–H groups in total. The molecule has 1 aromatic heterocycles. The summed E-state index contributed by atoms with van der Waals surface area (Å²) in [6, 6.07) is 2.28. The molecule has 1 aromatic rings. The van der Waals surface area contributed by atoms with Crippen molar-refractivity contribution in [2.45, 2.75) is 31.3 Å². The van der Waals surface area contributed by atoms with Crippen molar-refractivity contribution in [3.63, 3.8) is 0 Å². The van der Waals surface area contributed by atoms with Crippen LogP contribution < -0.4 is 5.32 Å². The molecule has 2 aliphatic rings. The largest absolute Gasteiger partial charge is 0.478 e. The average Bonchev–Trinajstić information content (AvgIpc) is 2.96. The SMILES string of the molecule is O=C(O)c1ccc(C(=O)NC2CCN(C3CCOCC3)C2=O)nc1. The van der Waals surface area contributed by atoms with Crippen LogP contribution in [0.25, 0.3) is 0 Å². The summed E-state index contributed by atoms with van der Waals surface area (Å²) in [4.78, 5) is 41.1. The topological polar surface area (TPSA) is 109 Å². The van der Waals surface area contributed by atoms with Crippen molar-refractivity contribution in [1.82, 2.24) is 15.2 Å². The smallest absolute Gasteiger partial charge is 0.337 e. The molecule has 2 aliphatic heterocycles. The van der Waals surface area contributed by atoms with E-state index in [1.54, 1.807) is 0 Å². The lowest BCUT2D eigenvalue weighted by molar-refractivity contribution is -0.132. The number of nitrogens with one attached hydrogen (secondary N) is 1. The second kappa shape index (κ2) is 6.96. The molecule has 2 amide bonds. The summed E-state index contributed by atoms with van der Waals surface area (Å²) < 4.78 is 5.31. The molecule has 128 valence electrons. The van der Waals surface area contributed by atoms with E-state index < -0.39 is 17.9 Å². The quantitative estimate of drug-likeness (QED) is 0.820. The number of carboxylic acids is 1. The molecule has 0 bridgehead atoms. The van der Waals surface area contributed by atoms with Gasteiger partial charge in [-0.3, -0.25) is 14.6 Å². The zero-order valence-corrected chi connectivity index (χ0v) is 13.1. The second-order valence-electron chi connectivity index (χ2n) is 5.93. The molecular formula is C16H19N3O5. The van der Waals surface area contributed by atoms with Crippen LogP contribution in [0, 0.1) is 0 Å². The van der Waals surface area contributed by atoms with E-state index in [0.717, 1.165) is 19.0 Å². The van der Waals surface area contributed by atoms with Gasteiger partial charge in [0.05, 0.1) is 5.56 Å². The number of ether oxygens (including phenoxy) is 1. The highest BCUT2D eigenvalue weighted by atomic mass is 16.5. The van der Waals surface area contributed by atoms with Gasteiger partial charge in [0.25, 0.3) is 5.91 Å². The van der Waals surface area contributed by atoms with Crippen LogP contribution in [0.1, 0.15) is 40.1 Å². The first-order valence-electron chi connectivity index (χ1n) is 7.94. The lowest BCUT2D eigenvalue weighted by Gasteiger charge is -2.31. The molecular weight excluding hydrogens is 314 g/mol. The highest BCUT2D eigenvalue weighted by Gasteiger charge is 2.37. The molecule has 1 atom stereocenters. The number of amides is 2. The van der Waals surface area contributed by atoms with Crippen LogP contribution >= 0.6 is 0 Å². The number of hydrogen-bond donors (Lipinski definition) is 2. The Morgan fingerprint density at radius 3 is 2.62 bits per heavy atom.